The van der Waals surface area contributed by atoms with Gasteiger partial charge in [0, 0.05) is 0 Å². The number of urea groups is 1. The van der Waals surface area contributed by atoms with Gasteiger partial charge in [-0.05, 0) is 32.3 Å². The summed E-state index contributed by atoms with van der Waals surface area (Å²) >= 11 is 0. The highest BCUT2D eigenvalue weighted by Gasteiger charge is 2.46. The van der Waals surface area contributed by atoms with E-state index in [-0.39, 0.29) is 18.5 Å². The van der Waals surface area contributed by atoms with Gasteiger partial charge in [0.15, 0.2) is 0 Å². The zero-order chi connectivity index (χ0) is 14.6. The van der Waals surface area contributed by atoms with Crippen molar-refractivity contribution < 1.29 is 9.59 Å². The van der Waals surface area contributed by atoms with E-state index in [1.807, 2.05) is 30.3 Å². The first-order valence-electron chi connectivity index (χ1n) is 6.64. The lowest BCUT2D eigenvalue weighted by Gasteiger charge is -2.21. The van der Waals surface area contributed by atoms with Crippen molar-refractivity contribution >= 4 is 11.9 Å². The van der Waals surface area contributed by atoms with Crippen LogP contribution in [0, 0.1) is 11.8 Å². The number of hydrogen-bond donors (Lipinski definition) is 1. The predicted molar refractivity (Wildman–Crippen MR) is 76.9 cm³/mol. The summed E-state index contributed by atoms with van der Waals surface area (Å²) in [6.45, 7) is 3.62. The molecule has 1 aliphatic heterocycles. The van der Waals surface area contributed by atoms with E-state index in [9.17, 15) is 9.59 Å². The number of hydrogen-bond acceptors (Lipinski definition) is 2. The number of carbonyl (C=O) groups excluding carboxylic acids is 2. The number of nitrogens with zero attached hydrogens (tertiary/aromatic N) is 1. The quantitative estimate of drug-likeness (QED) is 0.671. The van der Waals surface area contributed by atoms with Crippen molar-refractivity contribution in [2.75, 3.05) is 6.54 Å². The fourth-order valence-corrected chi connectivity index (χ4v) is 2.26. The SMILES string of the molecule is CC#CCN1C(=O)NC(C)(CCc2ccccc2)C1=O. The Kier molecular flexibility index (Phi) is 4.09. The number of nitrogens with one attached hydrogen (secondary N) is 1. The Morgan fingerprint density at radius 3 is 2.60 bits per heavy atom. The Balaban J connectivity index is 2.05. The van der Waals surface area contributed by atoms with Gasteiger partial charge in [-0.25, -0.2) is 4.79 Å². The van der Waals surface area contributed by atoms with E-state index >= 15 is 0 Å². The second kappa shape index (κ2) is 5.79. The first-order chi connectivity index (χ1) is 9.57. The van der Waals surface area contributed by atoms with E-state index in [1.54, 1.807) is 13.8 Å². The van der Waals surface area contributed by atoms with E-state index in [2.05, 4.69) is 17.2 Å². The molecule has 3 amide bonds. The van der Waals surface area contributed by atoms with E-state index < -0.39 is 5.54 Å². The van der Waals surface area contributed by atoms with Gasteiger partial charge in [-0.15, -0.1) is 5.92 Å². The van der Waals surface area contributed by atoms with Crippen molar-refractivity contribution in [3.05, 3.63) is 35.9 Å². The van der Waals surface area contributed by atoms with Crippen molar-refractivity contribution in [2.24, 2.45) is 0 Å². The van der Waals surface area contributed by atoms with Crippen LogP contribution in [0.5, 0.6) is 0 Å². The predicted octanol–water partition coefficient (Wildman–Crippen LogP) is 1.95. The first-order valence-corrected chi connectivity index (χ1v) is 6.64. The molecule has 4 nitrogen and oxygen atoms in total. The van der Waals surface area contributed by atoms with Gasteiger partial charge in [0.1, 0.15) is 5.54 Å². The molecule has 104 valence electrons. The number of benzene rings is 1. The molecule has 1 saturated heterocycles. The zero-order valence-electron chi connectivity index (χ0n) is 11.8. The van der Waals surface area contributed by atoms with Crippen molar-refractivity contribution in [2.45, 2.75) is 32.2 Å². The molecule has 1 fully saturated rings. The van der Waals surface area contributed by atoms with Crippen LogP contribution in [0.4, 0.5) is 4.79 Å². The van der Waals surface area contributed by atoms with Crippen LogP contribution >= 0.6 is 0 Å². The minimum atomic E-state index is -0.831. The maximum absolute atomic E-state index is 12.3. The van der Waals surface area contributed by atoms with Crippen LogP contribution in [0.3, 0.4) is 0 Å². The summed E-state index contributed by atoms with van der Waals surface area (Å²) in [5.41, 5.74) is 0.324. The summed E-state index contributed by atoms with van der Waals surface area (Å²) in [5, 5.41) is 2.78. The molecule has 0 radical (unpaired) electrons. The van der Waals surface area contributed by atoms with Crippen molar-refractivity contribution in [3.8, 4) is 11.8 Å². The highest BCUT2D eigenvalue weighted by atomic mass is 16.2. The second-order valence-electron chi connectivity index (χ2n) is 5.07. The molecule has 4 heteroatoms. The van der Waals surface area contributed by atoms with Crippen LogP contribution in [0.15, 0.2) is 30.3 Å². The lowest BCUT2D eigenvalue weighted by molar-refractivity contribution is -0.130. The topological polar surface area (TPSA) is 49.4 Å². The molecule has 1 aliphatic rings. The number of carbonyl (C=O) groups is 2. The number of aryl methyl sites for hydroxylation is 1. The van der Waals surface area contributed by atoms with Gasteiger partial charge < -0.3 is 5.32 Å². The Labute approximate surface area is 119 Å². The van der Waals surface area contributed by atoms with E-state index in [1.165, 1.54) is 4.90 Å². The minimum absolute atomic E-state index is 0.155. The molecule has 1 atom stereocenters. The number of amides is 3. The molecule has 0 aliphatic carbocycles. The smallest absolute Gasteiger partial charge is 0.323 e. The molecule has 1 heterocycles. The van der Waals surface area contributed by atoms with Gasteiger partial charge in [-0.1, -0.05) is 36.3 Å². The molecule has 1 N–H and O–H groups in total. The maximum atomic E-state index is 12.3. The fourth-order valence-electron chi connectivity index (χ4n) is 2.26. The average Bonchev–Trinajstić information content (AvgIpc) is 2.67. The van der Waals surface area contributed by atoms with Crippen LogP contribution < -0.4 is 5.32 Å². The summed E-state index contributed by atoms with van der Waals surface area (Å²) in [4.78, 5) is 25.4. The third kappa shape index (κ3) is 2.83. The lowest BCUT2D eigenvalue weighted by atomic mass is 9.93. The van der Waals surface area contributed by atoms with Crippen LogP contribution in [0.25, 0.3) is 0 Å². The second-order valence-corrected chi connectivity index (χ2v) is 5.07. The van der Waals surface area contributed by atoms with Gasteiger partial charge in [-0.3, -0.25) is 9.69 Å². The van der Waals surface area contributed by atoms with Gasteiger partial charge in [0.2, 0.25) is 0 Å². The molecule has 0 bridgehead atoms. The summed E-state index contributed by atoms with van der Waals surface area (Å²) in [5.74, 6) is 5.26. The average molecular weight is 270 g/mol. The Hall–Kier alpha value is -2.28. The first kappa shape index (κ1) is 14.1. The van der Waals surface area contributed by atoms with Gasteiger partial charge in [0.25, 0.3) is 5.91 Å². The maximum Gasteiger partial charge on any atom is 0.325 e. The van der Waals surface area contributed by atoms with Crippen LogP contribution in [0.2, 0.25) is 0 Å². The minimum Gasteiger partial charge on any atom is -0.323 e. The van der Waals surface area contributed by atoms with Gasteiger partial charge in [-0.2, -0.15) is 0 Å². The Bertz CT molecular complexity index is 571. The van der Waals surface area contributed by atoms with Crippen molar-refractivity contribution in [1.82, 2.24) is 10.2 Å². The molecule has 0 saturated carbocycles. The van der Waals surface area contributed by atoms with Gasteiger partial charge in [0.05, 0.1) is 6.54 Å². The highest BCUT2D eigenvalue weighted by Crippen LogP contribution is 2.22. The zero-order valence-corrected chi connectivity index (χ0v) is 11.8. The summed E-state index contributed by atoms with van der Waals surface area (Å²) in [6.07, 6.45) is 1.33. The molecular formula is C16H18N2O2. The fraction of sp³-hybridized carbons (Fsp3) is 0.375. The summed E-state index contributed by atoms with van der Waals surface area (Å²) in [7, 11) is 0. The molecule has 2 rings (SSSR count). The third-order valence-corrected chi connectivity index (χ3v) is 3.52. The normalized spacial score (nSPS) is 21.4. The van der Waals surface area contributed by atoms with Crippen molar-refractivity contribution in [1.29, 1.82) is 0 Å². The van der Waals surface area contributed by atoms with Crippen molar-refractivity contribution in [3.63, 3.8) is 0 Å². The number of rotatable bonds is 4. The standard InChI is InChI=1S/C16H18N2O2/c1-3-4-12-18-14(19)16(2,17-15(18)20)11-10-13-8-6-5-7-9-13/h5-9H,10-12H2,1-2H3,(H,17,20). The summed E-state index contributed by atoms with van der Waals surface area (Å²) < 4.78 is 0. The Morgan fingerprint density at radius 2 is 1.95 bits per heavy atom. The van der Waals surface area contributed by atoms with E-state index in [4.69, 9.17) is 0 Å². The molecule has 20 heavy (non-hydrogen) atoms. The molecular weight excluding hydrogens is 252 g/mol. The summed E-state index contributed by atoms with van der Waals surface area (Å²) in [6, 6.07) is 9.58. The molecule has 1 aromatic carbocycles. The van der Waals surface area contributed by atoms with Crippen LogP contribution in [-0.2, 0) is 11.2 Å². The molecule has 0 aromatic heterocycles. The lowest BCUT2D eigenvalue weighted by Crippen LogP contribution is -2.44. The van der Waals surface area contributed by atoms with E-state index in [0.717, 1.165) is 12.0 Å². The largest absolute Gasteiger partial charge is 0.325 e. The van der Waals surface area contributed by atoms with Crippen LogP contribution in [-0.4, -0.2) is 28.9 Å². The molecule has 0 spiro atoms. The van der Waals surface area contributed by atoms with E-state index in [0.29, 0.717) is 6.42 Å². The number of imide groups is 1. The monoisotopic (exact) mass is 270 g/mol. The molecule has 1 aromatic rings. The van der Waals surface area contributed by atoms with Crippen LogP contribution in [0.1, 0.15) is 25.8 Å². The van der Waals surface area contributed by atoms with Gasteiger partial charge >= 0.3 is 6.03 Å². The highest BCUT2D eigenvalue weighted by molar-refractivity contribution is 6.07. The molecule has 1 unspecified atom stereocenters. The third-order valence-electron chi connectivity index (χ3n) is 3.52. The Morgan fingerprint density at radius 1 is 1.25 bits per heavy atom.